The number of benzene rings is 2. The third-order valence-electron chi connectivity index (χ3n) is 5.66. The van der Waals surface area contributed by atoms with Crippen molar-refractivity contribution in [1.29, 1.82) is 0 Å². The van der Waals surface area contributed by atoms with Gasteiger partial charge in [-0.25, -0.2) is 13.2 Å². The molecule has 8 nitrogen and oxygen atoms in total. The van der Waals surface area contributed by atoms with Gasteiger partial charge in [-0.1, -0.05) is 29.8 Å². The summed E-state index contributed by atoms with van der Waals surface area (Å²) in [5.41, 5.74) is 2.88. The van der Waals surface area contributed by atoms with E-state index in [0.29, 0.717) is 29.1 Å². The van der Waals surface area contributed by atoms with Gasteiger partial charge in [-0.15, -0.1) is 0 Å². The number of carbonyl (C=O) groups is 1. The average Bonchev–Trinajstić information content (AvgIpc) is 3.06. The van der Waals surface area contributed by atoms with Crippen LogP contribution >= 0.6 is 0 Å². The van der Waals surface area contributed by atoms with Gasteiger partial charge in [0, 0.05) is 39.1 Å². The van der Waals surface area contributed by atoms with Crippen LogP contribution in [0.5, 0.6) is 0 Å². The van der Waals surface area contributed by atoms with Crippen LogP contribution in [-0.2, 0) is 21.4 Å². The second-order valence-corrected chi connectivity index (χ2v) is 9.70. The topological polar surface area (TPSA) is 92.8 Å². The molecule has 1 saturated heterocycles. The van der Waals surface area contributed by atoms with Gasteiger partial charge in [0.2, 0.25) is 15.9 Å². The number of hydrogen-bond acceptors (Lipinski definition) is 5. The zero-order valence-electron chi connectivity index (χ0n) is 17.6. The Kier molecular flexibility index (Phi) is 5.72. The molecular weight excluding hydrogens is 418 g/mol. The molecule has 31 heavy (non-hydrogen) atoms. The summed E-state index contributed by atoms with van der Waals surface area (Å²) in [6.45, 7) is 5.07. The number of oxazole rings is 1. The van der Waals surface area contributed by atoms with Gasteiger partial charge in [0.05, 0.1) is 10.4 Å². The van der Waals surface area contributed by atoms with Crippen LogP contribution in [-0.4, -0.2) is 54.3 Å². The van der Waals surface area contributed by atoms with Crippen molar-refractivity contribution >= 4 is 27.0 Å². The highest BCUT2D eigenvalue weighted by Gasteiger charge is 2.31. The largest absolute Gasteiger partial charge is 0.419 e. The van der Waals surface area contributed by atoms with E-state index >= 15 is 0 Å². The quantitative estimate of drug-likeness (QED) is 0.602. The van der Waals surface area contributed by atoms with Gasteiger partial charge >= 0.3 is 5.76 Å². The first kappa shape index (κ1) is 21.3. The summed E-state index contributed by atoms with van der Waals surface area (Å²) < 4.78 is 34.1. The summed E-state index contributed by atoms with van der Waals surface area (Å²) in [5, 5.41) is 0. The normalized spacial score (nSPS) is 15.5. The molecule has 1 amide bonds. The lowest BCUT2D eigenvalue weighted by atomic mass is 10.2. The third kappa shape index (κ3) is 4.15. The highest BCUT2D eigenvalue weighted by Crippen LogP contribution is 2.22. The third-order valence-corrected chi connectivity index (χ3v) is 7.72. The molecule has 0 spiro atoms. The van der Waals surface area contributed by atoms with Gasteiger partial charge in [0.15, 0.2) is 5.58 Å². The van der Waals surface area contributed by atoms with Crippen molar-refractivity contribution in [1.82, 2.24) is 13.8 Å². The number of hydrogen-bond donors (Lipinski definition) is 0. The molecule has 1 aliphatic rings. The number of aryl methyl sites for hydroxylation is 3. The lowest BCUT2D eigenvalue weighted by Crippen LogP contribution is -2.50. The molecule has 164 valence electrons. The number of fused-ring (bicyclic) bond motifs is 1. The van der Waals surface area contributed by atoms with Crippen LogP contribution in [0.1, 0.15) is 17.5 Å². The van der Waals surface area contributed by atoms with Crippen LogP contribution in [0.15, 0.2) is 56.6 Å². The standard InChI is InChI=1S/C22H25N3O5S/c1-16-7-8-20(17(2)15-16)31(28,29)24-13-11-23(12-14-24)21(26)9-10-25-18-5-3-4-6-19(18)30-22(25)27/h3-8,15H,9-14H2,1-2H3. The fourth-order valence-corrected chi connectivity index (χ4v) is 5.62. The van der Waals surface area contributed by atoms with E-state index in [9.17, 15) is 18.0 Å². The van der Waals surface area contributed by atoms with Gasteiger partial charge in [-0.2, -0.15) is 4.31 Å². The van der Waals surface area contributed by atoms with Gasteiger partial charge in [-0.3, -0.25) is 9.36 Å². The Morgan fingerprint density at radius 3 is 2.45 bits per heavy atom. The molecule has 0 atom stereocenters. The molecule has 9 heteroatoms. The number of piperazine rings is 1. The van der Waals surface area contributed by atoms with Crippen molar-refractivity contribution in [3.63, 3.8) is 0 Å². The van der Waals surface area contributed by atoms with Crippen molar-refractivity contribution in [3.8, 4) is 0 Å². The number of amides is 1. The minimum absolute atomic E-state index is 0.110. The fourth-order valence-electron chi connectivity index (χ4n) is 4.00. The summed E-state index contributed by atoms with van der Waals surface area (Å²) in [6.07, 6.45) is 0.146. The van der Waals surface area contributed by atoms with E-state index in [4.69, 9.17) is 4.42 Å². The van der Waals surface area contributed by atoms with Gasteiger partial charge in [0.25, 0.3) is 0 Å². The van der Waals surface area contributed by atoms with Crippen LogP contribution < -0.4 is 5.76 Å². The minimum atomic E-state index is -3.60. The summed E-state index contributed by atoms with van der Waals surface area (Å²) in [7, 11) is -3.60. The Balaban J connectivity index is 1.38. The lowest BCUT2D eigenvalue weighted by molar-refractivity contribution is -0.132. The SMILES string of the molecule is Cc1ccc(S(=O)(=O)N2CCN(C(=O)CCn3c(=O)oc4ccccc43)CC2)c(C)c1. The van der Waals surface area contributed by atoms with Gasteiger partial charge < -0.3 is 9.32 Å². The van der Waals surface area contributed by atoms with Crippen molar-refractivity contribution < 1.29 is 17.6 Å². The lowest BCUT2D eigenvalue weighted by Gasteiger charge is -2.34. The predicted molar refractivity (Wildman–Crippen MR) is 116 cm³/mol. The molecule has 1 aliphatic heterocycles. The molecule has 2 heterocycles. The fraction of sp³-hybridized carbons (Fsp3) is 0.364. The van der Waals surface area contributed by atoms with E-state index in [0.717, 1.165) is 11.1 Å². The van der Waals surface area contributed by atoms with E-state index in [1.54, 1.807) is 42.2 Å². The number of carbonyl (C=O) groups excluding carboxylic acids is 1. The van der Waals surface area contributed by atoms with Gasteiger partial charge in [-0.05, 0) is 37.6 Å². The van der Waals surface area contributed by atoms with Crippen molar-refractivity contribution in [2.45, 2.75) is 31.7 Å². The zero-order valence-corrected chi connectivity index (χ0v) is 18.4. The maximum absolute atomic E-state index is 13.0. The zero-order chi connectivity index (χ0) is 22.2. The Morgan fingerprint density at radius 1 is 1.03 bits per heavy atom. The number of para-hydroxylation sites is 2. The summed E-state index contributed by atoms with van der Waals surface area (Å²) in [4.78, 5) is 26.7. The van der Waals surface area contributed by atoms with Crippen LogP contribution in [0.4, 0.5) is 0 Å². The molecule has 0 radical (unpaired) electrons. The molecule has 1 fully saturated rings. The first-order valence-corrected chi connectivity index (χ1v) is 11.6. The van der Waals surface area contributed by atoms with E-state index in [1.807, 2.05) is 19.1 Å². The number of sulfonamides is 1. The second-order valence-electron chi connectivity index (χ2n) is 7.79. The molecular formula is C22H25N3O5S. The number of nitrogens with zero attached hydrogens (tertiary/aromatic N) is 3. The maximum atomic E-state index is 13.0. The monoisotopic (exact) mass is 443 g/mol. The Labute approximate surface area is 180 Å². The molecule has 0 unspecified atom stereocenters. The Morgan fingerprint density at radius 2 is 1.74 bits per heavy atom. The second kappa shape index (κ2) is 8.32. The van der Waals surface area contributed by atoms with E-state index in [-0.39, 0.29) is 32.0 Å². The maximum Gasteiger partial charge on any atom is 0.419 e. The van der Waals surface area contributed by atoms with Crippen molar-refractivity contribution in [2.24, 2.45) is 0 Å². The molecule has 0 N–H and O–H groups in total. The summed E-state index contributed by atoms with van der Waals surface area (Å²) >= 11 is 0. The van der Waals surface area contributed by atoms with Gasteiger partial charge in [0.1, 0.15) is 0 Å². The molecule has 3 aromatic rings. The predicted octanol–water partition coefficient (Wildman–Crippen LogP) is 2.13. The van der Waals surface area contributed by atoms with E-state index < -0.39 is 15.8 Å². The molecule has 1 aromatic heterocycles. The van der Waals surface area contributed by atoms with E-state index in [2.05, 4.69) is 0 Å². The molecule has 4 rings (SSSR count). The van der Waals surface area contributed by atoms with Crippen LogP contribution in [0.3, 0.4) is 0 Å². The average molecular weight is 444 g/mol. The van der Waals surface area contributed by atoms with Crippen molar-refractivity contribution in [2.75, 3.05) is 26.2 Å². The van der Waals surface area contributed by atoms with E-state index in [1.165, 1.54) is 8.87 Å². The molecule has 0 bridgehead atoms. The van der Waals surface area contributed by atoms with Crippen molar-refractivity contribution in [3.05, 3.63) is 64.1 Å². The van der Waals surface area contributed by atoms with Crippen LogP contribution in [0.25, 0.3) is 11.1 Å². The minimum Gasteiger partial charge on any atom is -0.408 e. The summed E-state index contributed by atoms with van der Waals surface area (Å²) in [6, 6.07) is 12.4. The first-order chi connectivity index (χ1) is 14.8. The summed E-state index contributed by atoms with van der Waals surface area (Å²) in [5.74, 6) is -0.598. The van der Waals surface area contributed by atoms with Crippen LogP contribution in [0.2, 0.25) is 0 Å². The molecule has 2 aromatic carbocycles. The molecule has 0 saturated carbocycles. The smallest absolute Gasteiger partial charge is 0.408 e. The Hall–Kier alpha value is -2.91. The van der Waals surface area contributed by atoms with Crippen LogP contribution in [0, 0.1) is 13.8 Å². The number of aromatic nitrogens is 1. The Bertz CT molecular complexity index is 1280. The number of rotatable bonds is 5. The highest BCUT2D eigenvalue weighted by molar-refractivity contribution is 7.89. The first-order valence-electron chi connectivity index (χ1n) is 10.2. The molecule has 0 aliphatic carbocycles. The highest BCUT2D eigenvalue weighted by atomic mass is 32.2.